The number of rotatable bonds is 6. The summed E-state index contributed by atoms with van der Waals surface area (Å²) in [6, 6.07) is 9.90. The lowest BCUT2D eigenvalue weighted by Gasteiger charge is -2.32. The van der Waals surface area contributed by atoms with E-state index in [1.165, 1.54) is 0 Å². The molecule has 0 spiro atoms. The van der Waals surface area contributed by atoms with Crippen LogP contribution in [0.4, 0.5) is 0 Å². The van der Waals surface area contributed by atoms with Crippen LogP contribution in [0.2, 0.25) is 0 Å². The fourth-order valence-corrected chi connectivity index (χ4v) is 4.01. The Morgan fingerprint density at radius 1 is 1.29 bits per heavy atom. The van der Waals surface area contributed by atoms with Crippen molar-refractivity contribution in [3.63, 3.8) is 0 Å². The zero-order valence-electron chi connectivity index (χ0n) is 16.3. The van der Waals surface area contributed by atoms with Crippen LogP contribution < -0.4 is 0 Å². The number of nitrogens with zero attached hydrogens (tertiary/aromatic N) is 4. The normalized spacial score (nSPS) is 17.0. The molecule has 1 amide bonds. The molecule has 1 aliphatic rings. The highest BCUT2D eigenvalue weighted by Crippen LogP contribution is 2.29. The van der Waals surface area contributed by atoms with Gasteiger partial charge in [-0.25, -0.2) is 4.98 Å². The van der Waals surface area contributed by atoms with E-state index in [0.717, 1.165) is 55.9 Å². The molecule has 1 N–H and O–H groups in total. The van der Waals surface area contributed by atoms with Crippen LogP contribution in [0.5, 0.6) is 0 Å². The van der Waals surface area contributed by atoms with Gasteiger partial charge in [-0.3, -0.25) is 9.89 Å². The third kappa shape index (κ3) is 3.72. The third-order valence-corrected chi connectivity index (χ3v) is 5.51. The monoisotopic (exact) mass is 377 g/mol. The molecule has 2 aromatic heterocycles. The van der Waals surface area contributed by atoms with Crippen molar-refractivity contribution in [2.45, 2.75) is 45.1 Å². The molecule has 0 bridgehead atoms. The molecule has 1 aliphatic heterocycles. The molecule has 6 heteroatoms. The molecule has 0 radical (unpaired) electrons. The lowest BCUT2D eigenvalue weighted by molar-refractivity contribution is 0.0704. The highest BCUT2D eigenvalue weighted by Gasteiger charge is 2.29. The van der Waals surface area contributed by atoms with Crippen LogP contribution in [0.1, 0.15) is 54.7 Å². The quantitative estimate of drug-likeness (QED) is 0.703. The number of aryl methyl sites for hydroxylation is 1. The summed E-state index contributed by atoms with van der Waals surface area (Å²) in [5, 5.41) is 7.14. The molecule has 3 aromatic rings. The number of nitrogens with one attached hydrogen (secondary N) is 1. The maximum atomic E-state index is 13.3. The number of hydrogen-bond donors (Lipinski definition) is 1. The summed E-state index contributed by atoms with van der Waals surface area (Å²) in [6.07, 6.45) is 9.98. The van der Waals surface area contributed by atoms with Gasteiger partial charge < -0.3 is 9.47 Å². The maximum absolute atomic E-state index is 13.3. The maximum Gasteiger partial charge on any atom is 0.257 e. The number of piperidine rings is 1. The van der Waals surface area contributed by atoms with Crippen molar-refractivity contribution >= 4 is 5.91 Å². The van der Waals surface area contributed by atoms with E-state index in [1.54, 1.807) is 6.20 Å². The zero-order chi connectivity index (χ0) is 19.3. The molecule has 1 unspecified atom stereocenters. The van der Waals surface area contributed by atoms with Crippen LogP contribution in [0.3, 0.4) is 0 Å². The van der Waals surface area contributed by atoms with Gasteiger partial charge >= 0.3 is 0 Å². The Labute approximate surface area is 165 Å². The number of carbonyl (C=O) groups excluding carboxylic acids is 1. The standard InChI is InChI=1S/C22H27N5O/c1-2-3-12-26-14-11-23-21(26)18-10-7-13-27(16-18)22(28)19-15-24-25-20(19)17-8-5-4-6-9-17/h4-6,8-9,11,14-15,18H,2-3,7,10,12-13,16H2,1H3,(H,24,25). The van der Waals surface area contributed by atoms with E-state index in [9.17, 15) is 4.79 Å². The molecule has 3 heterocycles. The Bertz CT molecular complexity index is 914. The van der Waals surface area contributed by atoms with Crippen LogP contribution in [-0.2, 0) is 6.54 Å². The number of carbonyl (C=O) groups is 1. The van der Waals surface area contributed by atoms with Crippen LogP contribution >= 0.6 is 0 Å². The first-order chi connectivity index (χ1) is 13.8. The number of imidazole rings is 1. The van der Waals surface area contributed by atoms with Crippen molar-refractivity contribution in [2.24, 2.45) is 0 Å². The van der Waals surface area contributed by atoms with Crippen LogP contribution in [0.25, 0.3) is 11.3 Å². The molecule has 6 nitrogen and oxygen atoms in total. The van der Waals surface area contributed by atoms with Crippen LogP contribution in [0, 0.1) is 0 Å². The molecule has 0 aliphatic carbocycles. The minimum Gasteiger partial charge on any atom is -0.338 e. The highest BCUT2D eigenvalue weighted by molar-refractivity contribution is 5.99. The summed E-state index contributed by atoms with van der Waals surface area (Å²) in [4.78, 5) is 19.8. The van der Waals surface area contributed by atoms with Crippen LogP contribution in [-0.4, -0.2) is 43.6 Å². The van der Waals surface area contributed by atoms with Crippen molar-refractivity contribution in [3.8, 4) is 11.3 Å². The van der Waals surface area contributed by atoms with Gasteiger partial charge in [0.25, 0.3) is 5.91 Å². The highest BCUT2D eigenvalue weighted by atomic mass is 16.2. The largest absolute Gasteiger partial charge is 0.338 e. The Hall–Kier alpha value is -2.89. The average Bonchev–Trinajstić information content (AvgIpc) is 3.42. The van der Waals surface area contributed by atoms with Crippen molar-refractivity contribution in [1.82, 2.24) is 24.6 Å². The van der Waals surface area contributed by atoms with Crippen molar-refractivity contribution in [3.05, 3.63) is 60.3 Å². The fraction of sp³-hybridized carbons (Fsp3) is 0.409. The average molecular weight is 377 g/mol. The van der Waals surface area contributed by atoms with E-state index in [-0.39, 0.29) is 11.8 Å². The Morgan fingerprint density at radius 2 is 2.14 bits per heavy atom. The van der Waals surface area contributed by atoms with Crippen LogP contribution in [0.15, 0.2) is 48.9 Å². The molecule has 1 fully saturated rings. The van der Waals surface area contributed by atoms with E-state index in [4.69, 9.17) is 0 Å². The Balaban J connectivity index is 1.52. The second-order valence-electron chi connectivity index (χ2n) is 7.45. The van der Waals surface area contributed by atoms with Gasteiger partial charge in [-0.15, -0.1) is 0 Å². The lowest BCUT2D eigenvalue weighted by Crippen LogP contribution is -2.39. The minimum atomic E-state index is 0.0453. The summed E-state index contributed by atoms with van der Waals surface area (Å²) in [5.41, 5.74) is 2.41. The number of unbranched alkanes of at least 4 members (excludes halogenated alkanes) is 1. The number of benzene rings is 1. The first-order valence-electron chi connectivity index (χ1n) is 10.2. The first-order valence-corrected chi connectivity index (χ1v) is 10.2. The summed E-state index contributed by atoms with van der Waals surface area (Å²) in [5.74, 6) is 1.45. The Morgan fingerprint density at radius 3 is 2.96 bits per heavy atom. The van der Waals surface area contributed by atoms with E-state index < -0.39 is 0 Å². The second-order valence-corrected chi connectivity index (χ2v) is 7.45. The molecule has 1 aromatic carbocycles. The fourth-order valence-electron chi connectivity index (χ4n) is 4.01. The van der Waals surface area contributed by atoms with Crippen molar-refractivity contribution in [2.75, 3.05) is 13.1 Å². The van der Waals surface area contributed by atoms with Gasteiger partial charge in [0.1, 0.15) is 5.82 Å². The number of aromatic nitrogens is 4. The van der Waals surface area contributed by atoms with E-state index in [0.29, 0.717) is 12.1 Å². The number of hydrogen-bond acceptors (Lipinski definition) is 3. The molecular weight excluding hydrogens is 350 g/mol. The number of likely N-dealkylation sites (tertiary alicyclic amines) is 1. The number of H-pyrrole nitrogens is 1. The van der Waals surface area contributed by atoms with E-state index >= 15 is 0 Å². The van der Waals surface area contributed by atoms with Gasteiger partial charge in [0, 0.05) is 43.5 Å². The first kappa shape index (κ1) is 18.5. The van der Waals surface area contributed by atoms with Gasteiger partial charge in [0.15, 0.2) is 0 Å². The predicted molar refractivity (Wildman–Crippen MR) is 109 cm³/mol. The smallest absolute Gasteiger partial charge is 0.257 e. The lowest BCUT2D eigenvalue weighted by atomic mass is 9.96. The topological polar surface area (TPSA) is 66.8 Å². The molecule has 1 atom stereocenters. The predicted octanol–water partition coefficient (Wildman–Crippen LogP) is 4.09. The number of aromatic amines is 1. The van der Waals surface area contributed by atoms with Gasteiger partial charge in [-0.05, 0) is 19.3 Å². The molecule has 28 heavy (non-hydrogen) atoms. The van der Waals surface area contributed by atoms with Gasteiger partial charge in [0.2, 0.25) is 0 Å². The zero-order valence-corrected chi connectivity index (χ0v) is 16.3. The van der Waals surface area contributed by atoms with E-state index in [1.807, 2.05) is 41.4 Å². The molecular formula is C22H27N5O. The molecule has 0 saturated carbocycles. The second kappa shape index (κ2) is 8.42. The van der Waals surface area contributed by atoms with Crippen molar-refractivity contribution < 1.29 is 4.79 Å². The summed E-state index contributed by atoms with van der Waals surface area (Å²) in [6.45, 7) is 4.69. The Kier molecular flexibility index (Phi) is 5.55. The third-order valence-electron chi connectivity index (χ3n) is 5.51. The van der Waals surface area contributed by atoms with E-state index in [2.05, 4.69) is 32.9 Å². The summed E-state index contributed by atoms with van der Waals surface area (Å²) >= 11 is 0. The molecule has 1 saturated heterocycles. The summed E-state index contributed by atoms with van der Waals surface area (Å²) in [7, 11) is 0. The molecule has 146 valence electrons. The van der Waals surface area contributed by atoms with Crippen molar-refractivity contribution in [1.29, 1.82) is 0 Å². The van der Waals surface area contributed by atoms with Gasteiger partial charge in [-0.2, -0.15) is 5.10 Å². The van der Waals surface area contributed by atoms with Gasteiger partial charge in [-0.1, -0.05) is 43.7 Å². The van der Waals surface area contributed by atoms with Gasteiger partial charge in [0.05, 0.1) is 17.5 Å². The number of amides is 1. The minimum absolute atomic E-state index is 0.0453. The SMILES string of the molecule is CCCCn1ccnc1C1CCCN(C(=O)c2cn[nH]c2-c2ccccc2)C1. The molecule has 4 rings (SSSR count). The summed E-state index contributed by atoms with van der Waals surface area (Å²) < 4.78 is 2.26.